The van der Waals surface area contributed by atoms with Crippen LogP contribution in [0, 0.1) is 40.4 Å². The van der Waals surface area contributed by atoms with Crippen molar-refractivity contribution in [1.82, 2.24) is 0 Å². The summed E-state index contributed by atoms with van der Waals surface area (Å²) in [7, 11) is 1.50. The van der Waals surface area contributed by atoms with Gasteiger partial charge in [0.05, 0.1) is 0 Å². The highest BCUT2D eigenvalue weighted by atomic mass is 14.6. The van der Waals surface area contributed by atoms with Crippen molar-refractivity contribution in [2.75, 3.05) is 7.05 Å². The van der Waals surface area contributed by atoms with Gasteiger partial charge in [0.15, 0.2) is 0 Å². The van der Waals surface area contributed by atoms with Crippen molar-refractivity contribution >= 4 is 0 Å². The Morgan fingerprint density at radius 3 is 2.13 bits per heavy atom. The third kappa shape index (κ3) is 5.25. The Morgan fingerprint density at radius 1 is 0.967 bits per heavy atom. The number of nitrogens with two attached hydrogens (primary N) is 1. The smallest absolute Gasteiger partial charge is 0.00961 e. The van der Waals surface area contributed by atoms with Crippen molar-refractivity contribution in [2.24, 2.45) is 46.2 Å². The first-order valence-corrected chi connectivity index (χ1v) is 13.5. The summed E-state index contributed by atoms with van der Waals surface area (Å²) in [6, 6.07) is 0. The molecule has 0 radical (unpaired) electrons. The second-order valence-corrected chi connectivity index (χ2v) is 9.35. The molecule has 0 aromatic heterocycles. The Morgan fingerprint density at radius 2 is 1.57 bits per heavy atom. The molecule has 1 heteroatoms. The van der Waals surface area contributed by atoms with Crippen LogP contribution >= 0.6 is 0 Å². The monoisotopic (exact) mass is 419 g/mol. The van der Waals surface area contributed by atoms with Gasteiger partial charge in [0.2, 0.25) is 0 Å². The predicted octanol–water partition coefficient (Wildman–Crippen LogP) is 9.04. The van der Waals surface area contributed by atoms with Crippen molar-refractivity contribution < 1.29 is 0 Å². The van der Waals surface area contributed by atoms with E-state index in [2.05, 4.69) is 51.7 Å². The van der Waals surface area contributed by atoms with Gasteiger partial charge >= 0.3 is 0 Å². The lowest BCUT2D eigenvalue weighted by Gasteiger charge is -2.60. The first-order chi connectivity index (χ1) is 14.5. The van der Waals surface area contributed by atoms with E-state index in [4.69, 9.17) is 0 Å². The van der Waals surface area contributed by atoms with Gasteiger partial charge in [0, 0.05) is 5.41 Å². The maximum Gasteiger partial charge on any atom is 0.00961 e. The zero-order valence-electron chi connectivity index (χ0n) is 22.6. The second kappa shape index (κ2) is 13.8. The molecular weight excluding hydrogens is 362 g/mol. The van der Waals surface area contributed by atoms with Gasteiger partial charge in [-0.2, -0.15) is 0 Å². The normalized spacial score (nSPS) is 40.0. The van der Waals surface area contributed by atoms with Gasteiger partial charge in [0.1, 0.15) is 0 Å². The molecule has 0 aromatic carbocycles. The lowest BCUT2D eigenvalue weighted by atomic mass is 9.45. The maximum absolute atomic E-state index is 4.50. The van der Waals surface area contributed by atoms with Crippen LogP contribution in [-0.4, -0.2) is 7.05 Å². The molecule has 3 saturated carbocycles. The third-order valence-corrected chi connectivity index (χ3v) is 8.55. The standard InChI is InChI=1S/C22H34.3C2H6.CH5N/c1-5-16-10-12-19-18-11-9-17-8-6-7-13-21(17,3)20(18)15(2)14-22(16,19)4;4*1-2/h7-8,13,15-16,18-20H,5-6,9-12,14H2,1-4H3;3*1-2H3;2H2,1H3. The van der Waals surface area contributed by atoms with Crippen molar-refractivity contribution in [3.05, 3.63) is 23.8 Å². The summed E-state index contributed by atoms with van der Waals surface area (Å²) in [4.78, 5) is 0. The van der Waals surface area contributed by atoms with E-state index in [0.29, 0.717) is 10.8 Å². The first-order valence-electron chi connectivity index (χ1n) is 13.5. The van der Waals surface area contributed by atoms with E-state index in [0.717, 1.165) is 29.6 Å². The Bertz CT molecular complexity index is 518. The summed E-state index contributed by atoms with van der Waals surface area (Å²) in [5.74, 6) is 4.77. The van der Waals surface area contributed by atoms with Gasteiger partial charge < -0.3 is 5.73 Å². The molecule has 178 valence electrons. The molecule has 2 N–H and O–H groups in total. The van der Waals surface area contributed by atoms with Crippen molar-refractivity contribution in [2.45, 2.75) is 114 Å². The molecule has 0 aromatic rings. The second-order valence-electron chi connectivity index (χ2n) is 9.35. The van der Waals surface area contributed by atoms with E-state index in [9.17, 15) is 0 Å². The number of hydrogen-bond acceptors (Lipinski definition) is 1. The molecule has 0 amide bonds. The van der Waals surface area contributed by atoms with Crippen LogP contribution in [0.2, 0.25) is 0 Å². The van der Waals surface area contributed by atoms with E-state index in [1.165, 1.54) is 52.0 Å². The minimum atomic E-state index is 0.381. The Balaban J connectivity index is 0.000000948. The highest BCUT2D eigenvalue weighted by molar-refractivity contribution is 5.31. The van der Waals surface area contributed by atoms with E-state index in [1.54, 1.807) is 5.57 Å². The van der Waals surface area contributed by atoms with Crippen molar-refractivity contribution in [1.29, 1.82) is 0 Å². The van der Waals surface area contributed by atoms with E-state index in [1.807, 2.05) is 41.5 Å². The molecule has 30 heavy (non-hydrogen) atoms. The van der Waals surface area contributed by atoms with Crippen LogP contribution in [0.4, 0.5) is 0 Å². The largest absolute Gasteiger partial charge is 0.333 e. The SMILES string of the molecule is CC.CC.CC.CCC1CCC2C3CCC4=CCC=CC4(C)C3C(C)CC12C.CN. The highest BCUT2D eigenvalue weighted by Gasteiger charge is 2.59. The van der Waals surface area contributed by atoms with Gasteiger partial charge in [-0.15, -0.1) is 0 Å². The Hall–Kier alpha value is -0.560. The zero-order valence-corrected chi connectivity index (χ0v) is 22.6. The molecule has 3 fully saturated rings. The van der Waals surface area contributed by atoms with E-state index >= 15 is 0 Å². The quantitative estimate of drug-likeness (QED) is 0.421. The van der Waals surface area contributed by atoms with Gasteiger partial charge in [-0.25, -0.2) is 0 Å². The van der Waals surface area contributed by atoms with Gasteiger partial charge in [0.25, 0.3) is 0 Å². The number of allylic oxidation sites excluding steroid dienone is 4. The zero-order chi connectivity index (χ0) is 23.5. The van der Waals surface area contributed by atoms with Gasteiger partial charge in [-0.1, -0.05) is 99.5 Å². The van der Waals surface area contributed by atoms with Crippen LogP contribution in [-0.2, 0) is 0 Å². The average molecular weight is 420 g/mol. The molecule has 0 heterocycles. The van der Waals surface area contributed by atoms with Crippen LogP contribution in [0.25, 0.3) is 0 Å². The molecule has 7 atom stereocenters. The van der Waals surface area contributed by atoms with Crippen LogP contribution < -0.4 is 5.73 Å². The fraction of sp³-hybridized carbons (Fsp3) is 0.862. The minimum Gasteiger partial charge on any atom is -0.333 e. The number of fused-ring (bicyclic) bond motifs is 5. The Labute approximate surface area is 191 Å². The molecule has 1 nitrogen and oxygen atoms in total. The minimum absolute atomic E-state index is 0.381. The maximum atomic E-state index is 4.50. The average Bonchev–Trinajstić information content (AvgIpc) is 3.14. The highest BCUT2D eigenvalue weighted by Crippen LogP contribution is 2.67. The predicted molar refractivity (Wildman–Crippen MR) is 139 cm³/mol. The lowest BCUT2D eigenvalue weighted by molar-refractivity contribution is -0.0694. The Kier molecular flexibility index (Phi) is 13.5. The summed E-state index contributed by atoms with van der Waals surface area (Å²) < 4.78 is 0. The van der Waals surface area contributed by atoms with Crippen molar-refractivity contribution in [3.8, 4) is 0 Å². The van der Waals surface area contributed by atoms with Gasteiger partial charge in [-0.05, 0) is 80.6 Å². The fourth-order valence-corrected chi connectivity index (χ4v) is 7.81. The summed E-state index contributed by atoms with van der Waals surface area (Å²) in [6.07, 6.45) is 17.5. The van der Waals surface area contributed by atoms with Crippen LogP contribution in [0.15, 0.2) is 23.8 Å². The van der Waals surface area contributed by atoms with E-state index in [-0.39, 0.29) is 0 Å². The third-order valence-electron chi connectivity index (χ3n) is 8.55. The molecule has 7 unspecified atom stereocenters. The van der Waals surface area contributed by atoms with Gasteiger partial charge in [-0.3, -0.25) is 0 Å². The molecular formula is C29H57N. The summed E-state index contributed by atoms with van der Waals surface area (Å²) in [5.41, 5.74) is 7.30. The summed E-state index contributed by atoms with van der Waals surface area (Å²) >= 11 is 0. The molecule has 4 rings (SSSR count). The molecule has 0 saturated heterocycles. The topological polar surface area (TPSA) is 26.0 Å². The molecule has 0 aliphatic heterocycles. The molecule has 4 aliphatic rings. The van der Waals surface area contributed by atoms with Crippen LogP contribution in [0.3, 0.4) is 0 Å². The fourth-order valence-electron chi connectivity index (χ4n) is 7.81. The van der Waals surface area contributed by atoms with Crippen molar-refractivity contribution in [3.63, 3.8) is 0 Å². The molecule has 0 spiro atoms. The van der Waals surface area contributed by atoms with E-state index < -0.39 is 0 Å². The summed E-state index contributed by atoms with van der Waals surface area (Å²) in [6.45, 7) is 22.2. The summed E-state index contributed by atoms with van der Waals surface area (Å²) in [5, 5.41) is 0. The van der Waals surface area contributed by atoms with Crippen LogP contribution in [0.5, 0.6) is 0 Å². The van der Waals surface area contributed by atoms with Crippen LogP contribution in [0.1, 0.15) is 114 Å². The lowest BCUT2D eigenvalue weighted by Crippen LogP contribution is -2.52. The molecule has 4 aliphatic carbocycles. The number of hydrogen-bond donors (Lipinski definition) is 1. The first kappa shape index (κ1) is 29.4. The number of rotatable bonds is 1. The molecule has 0 bridgehead atoms.